The maximum atomic E-state index is 13.7. The number of benzene rings is 2. The molecule has 5 nitrogen and oxygen atoms in total. The molecule has 3 rings (SSSR count). The van der Waals surface area contributed by atoms with E-state index in [-0.39, 0.29) is 12.3 Å². The molecule has 2 aromatic carbocycles. The first-order valence-corrected chi connectivity index (χ1v) is 7.93. The molecule has 24 heavy (non-hydrogen) atoms. The van der Waals surface area contributed by atoms with Crippen LogP contribution >= 0.6 is 15.9 Å². The lowest BCUT2D eigenvalue weighted by atomic mass is 10.2. The summed E-state index contributed by atoms with van der Waals surface area (Å²) in [6.45, 7) is 1.46. The van der Waals surface area contributed by atoms with E-state index in [1.165, 1.54) is 12.1 Å². The number of aromatic nitrogens is 2. The van der Waals surface area contributed by atoms with Crippen molar-refractivity contribution in [3.05, 3.63) is 58.6 Å². The second-order valence-electron chi connectivity index (χ2n) is 5.05. The summed E-state index contributed by atoms with van der Waals surface area (Å²) >= 11 is 3.16. The number of aryl methyl sites for hydroxylation is 1. The number of nitrogens with zero attached hydrogens (tertiary/aromatic N) is 2. The molecule has 0 radical (unpaired) electrons. The number of carbonyl (C=O) groups is 1. The quantitative estimate of drug-likeness (QED) is 0.735. The molecule has 0 unspecified atom stereocenters. The highest BCUT2D eigenvalue weighted by Crippen LogP contribution is 2.22. The van der Waals surface area contributed by atoms with Crippen molar-refractivity contribution in [2.24, 2.45) is 0 Å². The molecule has 1 amide bonds. The van der Waals surface area contributed by atoms with Crippen LogP contribution in [-0.2, 0) is 4.79 Å². The number of fused-ring (bicyclic) bond motifs is 1. The normalized spacial score (nSPS) is 10.6. The van der Waals surface area contributed by atoms with Gasteiger partial charge in [0, 0.05) is 4.47 Å². The summed E-state index contributed by atoms with van der Waals surface area (Å²) in [5.41, 5.74) is 0.829. The Labute approximate surface area is 146 Å². The number of anilines is 1. The zero-order valence-corrected chi connectivity index (χ0v) is 14.3. The number of hydrogen-bond acceptors (Lipinski definition) is 4. The fourth-order valence-corrected chi connectivity index (χ4v) is 2.51. The van der Waals surface area contributed by atoms with Gasteiger partial charge in [-0.2, -0.15) is 4.98 Å². The van der Waals surface area contributed by atoms with Gasteiger partial charge in [-0.15, -0.1) is 0 Å². The lowest BCUT2D eigenvalue weighted by Crippen LogP contribution is -2.21. The lowest BCUT2D eigenvalue weighted by Gasteiger charge is -2.10. The van der Waals surface area contributed by atoms with Crippen LogP contribution in [0.4, 0.5) is 10.1 Å². The average Bonchev–Trinajstić information content (AvgIpc) is 2.55. The van der Waals surface area contributed by atoms with Crippen molar-refractivity contribution in [2.75, 3.05) is 11.9 Å². The number of nitrogens with one attached hydrogen (secondary N) is 1. The molecule has 0 spiro atoms. The van der Waals surface area contributed by atoms with Gasteiger partial charge in [0.2, 0.25) is 5.88 Å². The SMILES string of the molecule is Cc1nc(OCC(=O)Nc2ccc(Br)cc2F)c2ccccc2n1. The largest absolute Gasteiger partial charge is 0.467 e. The highest BCUT2D eigenvalue weighted by molar-refractivity contribution is 9.10. The lowest BCUT2D eigenvalue weighted by molar-refractivity contribution is -0.118. The van der Waals surface area contributed by atoms with E-state index >= 15 is 0 Å². The van der Waals surface area contributed by atoms with Gasteiger partial charge in [-0.1, -0.05) is 28.1 Å². The van der Waals surface area contributed by atoms with Gasteiger partial charge >= 0.3 is 0 Å². The Hall–Kier alpha value is -2.54. The van der Waals surface area contributed by atoms with Crippen molar-refractivity contribution < 1.29 is 13.9 Å². The van der Waals surface area contributed by atoms with Gasteiger partial charge in [0.1, 0.15) is 11.6 Å². The highest BCUT2D eigenvalue weighted by Gasteiger charge is 2.11. The number of rotatable bonds is 4. The summed E-state index contributed by atoms with van der Waals surface area (Å²) in [7, 11) is 0. The van der Waals surface area contributed by atoms with Crippen LogP contribution < -0.4 is 10.1 Å². The minimum Gasteiger partial charge on any atom is -0.467 e. The van der Waals surface area contributed by atoms with Crippen LogP contribution in [0.5, 0.6) is 5.88 Å². The molecule has 1 heterocycles. The smallest absolute Gasteiger partial charge is 0.262 e. The van der Waals surface area contributed by atoms with Crippen molar-refractivity contribution in [1.29, 1.82) is 0 Å². The molecule has 1 aromatic heterocycles. The van der Waals surface area contributed by atoms with E-state index in [9.17, 15) is 9.18 Å². The number of amides is 1. The molecule has 1 N–H and O–H groups in total. The molecule has 0 bridgehead atoms. The number of para-hydroxylation sites is 1. The predicted octanol–water partition coefficient (Wildman–Crippen LogP) is 3.86. The van der Waals surface area contributed by atoms with Crippen LogP contribution in [0.3, 0.4) is 0 Å². The van der Waals surface area contributed by atoms with Crippen LogP contribution in [0, 0.1) is 12.7 Å². The molecular formula is C17H13BrFN3O2. The topological polar surface area (TPSA) is 64.1 Å². The Morgan fingerprint density at radius 2 is 2.04 bits per heavy atom. The summed E-state index contributed by atoms with van der Waals surface area (Å²) in [6.07, 6.45) is 0. The van der Waals surface area contributed by atoms with Gasteiger partial charge in [0.25, 0.3) is 5.91 Å². The van der Waals surface area contributed by atoms with Crippen LogP contribution in [0.25, 0.3) is 10.9 Å². The van der Waals surface area contributed by atoms with Crippen molar-refractivity contribution in [3.8, 4) is 5.88 Å². The van der Waals surface area contributed by atoms with E-state index in [0.717, 1.165) is 5.52 Å². The minimum atomic E-state index is -0.527. The molecule has 0 fully saturated rings. The molecule has 0 atom stereocenters. The maximum absolute atomic E-state index is 13.7. The third-order valence-electron chi connectivity index (χ3n) is 3.23. The van der Waals surface area contributed by atoms with Gasteiger partial charge in [-0.3, -0.25) is 4.79 Å². The summed E-state index contributed by atoms with van der Waals surface area (Å²) in [5.74, 6) is -0.134. The minimum absolute atomic E-state index is 0.0931. The number of ether oxygens (including phenoxy) is 1. The zero-order chi connectivity index (χ0) is 17.1. The number of halogens is 2. The number of carbonyl (C=O) groups excluding carboxylic acids is 1. The van der Waals surface area contributed by atoms with E-state index in [1.807, 2.05) is 24.3 Å². The Morgan fingerprint density at radius 1 is 1.25 bits per heavy atom. The van der Waals surface area contributed by atoms with Gasteiger partial charge in [0.15, 0.2) is 6.61 Å². The monoisotopic (exact) mass is 389 g/mol. The van der Waals surface area contributed by atoms with E-state index in [2.05, 4.69) is 31.2 Å². The second kappa shape index (κ2) is 6.92. The van der Waals surface area contributed by atoms with Crippen molar-refractivity contribution in [2.45, 2.75) is 6.92 Å². The first-order chi connectivity index (χ1) is 11.5. The molecule has 122 valence electrons. The van der Waals surface area contributed by atoms with Gasteiger partial charge < -0.3 is 10.1 Å². The third kappa shape index (κ3) is 3.68. The Bertz CT molecular complexity index is 917. The first-order valence-electron chi connectivity index (χ1n) is 7.14. The molecule has 0 saturated carbocycles. The fourth-order valence-electron chi connectivity index (χ4n) is 2.18. The Balaban J connectivity index is 1.73. The summed E-state index contributed by atoms with van der Waals surface area (Å²) in [5, 5.41) is 3.18. The maximum Gasteiger partial charge on any atom is 0.262 e. The standard InChI is InChI=1S/C17H13BrFN3O2/c1-10-20-14-5-3-2-4-12(14)17(21-10)24-9-16(23)22-15-7-6-11(18)8-13(15)19/h2-8H,9H2,1H3,(H,22,23). The van der Waals surface area contributed by atoms with Crippen LogP contribution in [-0.4, -0.2) is 22.5 Å². The van der Waals surface area contributed by atoms with E-state index in [0.29, 0.717) is 21.6 Å². The van der Waals surface area contributed by atoms with E-state index in [1.54, 1.807) is 13.0 Å². The molecule has 3 aromatic rings. The summed E-state index contributed by atoms with van der Waals surface area (Å²) in [6, 6.07) is 11.7. The molecule has 0 aliphatic carbocycles. The predicted molar refractivity (Wildman–Crippen MR) is 92.5 cm³/mol. The molecule has 0 aliphatic heterocycles. The molecular weight excluding hydrogens is 377 g/mol. The Morgan fingerprint density at radius 3 is 2.83 bits per heavy atom. The van der Waals surface area contributed by atoms with Gasteiger partial charge in [-0.05, 0) is 37.3 Å². The second-order valence-corrected chi connectivity index (χ2v) is 5.97. The van der Waals surface area contributed by atoms with Crippen LogP contribution in [0.2, 0.25) is 0 Å². The van der Waals surface area contributed by atoms with Crippen molar-refractivity contribution in [1.82, 2.24) is 9.97 Å². The summed E-state index contributed by atoms with van der Waals surface area (Å²) < 4.78 is 19.8. The fraction of sp³-hybridized carbons (Fsp3) is 0.118. The van der Waals surface area contributed by atoms with E-state index in [4.69, 9.17) is 4.74 Å². The third-order valence-corrected chi connectivity index (χ3v) is 3.72. The molecule has 7 heteroatoms. The van der Waals surface area contributed by atoms with Crippen LogP contribution in [0.1, 0.15) is 5.82 Å². The Kier molecular flexibility index (Phi) is 4.71. The van der Waals surface area contributed by atoms with Crippen LogP contribution in [0.15, 0.2) is 46.9 Å². The van der Waals surface area contributed by atoms with Crippen molar-refractivity contribution >= 4 is 38.4 Å². The van der Waals surface area contributed by atoms with Gasteiger partial charge in [-0.25, -0.2) is 9.37 Å². The van der Waals surface area contributed by atoms with Crippen molar-refractivity contribution in [3.63, 3.8) is 0 Å². The van der Waals surface area contributed by atoms with E-state index < -0.39 is 11.7 Å². The first kappa shape index (κ1) is 16.3. The zero-order valence-electron chi connectivity index (χ0n) is 12.7. The highest BCUT2D eigenvalue weighted by atomic mass is 79.9. The molecule has 0 aliphatic rings. The molecule has 0 saturated heterocycles. The number of hydrogen-bond donors (Lipinski definition) is 1. The average molecular weight is 390 g/mol. The van der Waals surface area contributed by atoms with Gasteiger partial charge in [0.05, 0.1) is 16.6 Å². The summed E-state index contributed by atoms with van der Waals surface area (Å²) in [4.78, 5) is 20.5.